The fourth-order valence-electron chi connectivity index (χ4n) is 7.99. The summed E-state index contributed by atoms with van der Waals surface area (Å²) in [5.41, 5.74) is -0.312. The van der Waals surface area contributed by atoms with Crippen LogP contribution >= 0.6 is 0 Å². The number of aliphatic hydroxyl groups is 1. The van der Waals surface area contributed by atoms with Crippen molar-refractivity contribution in [3.63, 3.8) is 0 Å². The topological polar surface area (TPSA) is 46.5 Å². The first kappa shape index (κ1) is 18.0. The van der Waals surface area contributed by atoms with Gasteiger partial charge in [-0.2, -0.15) is 0 Å². The molecule has 0 heterocycles. The highest BCUT2D eigenvalue weighted by atomic mass is 16.5. The Bertz CT molecular complexity index is 559. The minimum absolute atomic E-state index is 0.00345. The van der Waals surface area contributed by atoms with Crippen LogP contribution in [0.3, 0.4) is 0 Å². The zero-order valence-electron chi connectivity index (χ0n) is 16.5. The fourth-order valence-corrected chi connectivity index (χ4v) is 7.99. The minimum Gasteiger partial charge on any atom is -0.387 e. The lowest BCUT2D eigenvalue weighted by atomic mass is 9.44. The molecule has 0 amide bonds. The van der Waals surface area contributed by atoms with E-state index in [1.807, 2.05) is 0 Å². The monoisotopic (exact) mass is 348 g/mol. The van der Waals surface area contributed by atoms with Gasteiger partial charge in [-0.3, -0.25) is 4.79 Å². The molecular weight excluding hydrogens is 312 g/mol. The van der Waals surface area contributed by atoms with Crippen LogP contribution in [0.5, 0.6) is 0 Å². The van der Waals surface area contributed by atoms with E-state index in [0.29, 0.717) is 29.6 Å². The lowest BCUT2D eigenvalue weighted by molar-refractivity contribution is -0.172. The maximum atomic E-state index is 12.3. The Balaban J connectivity index is 1.63. The molecule has 8 atom stereocenters. The normalized spacial score (nSPS) is 55.4. The van der Waals surface area contributed by atoms with Crippen LogP contribution in [-0.4, -0.2) is 30.2 Å². The molecule has 0 spiro atoms. The van der Waals surface area contributed by atoms with E-state index in [9.17, 15) is 9.90 Å². The first-order chi connectivity index (χ1) is 11.7. The minimum atomic E-state index is -0.648. The molecule has 142 valence electrons. The number of carbonyl (C=O) groups is 1. The van der Waals surface area contributed by atoms with Crippen molar-refractivity contribution < 1.29 is 14.6 Å². The van der Waals surface area contributed by atoms with Crippen LogP contribution in [0.2, 0.25) is 0 Å². The van der Waals surface area contributed by atoms with Crippen LogP contribution in [0.25, 0.3) is 0 Å². The molecule has 4 saturated carbocycles. The molecule has 8 unspecified atom stereocenters. The van der Waals surface area contributed by atoms with E-state index in [0.717, 1.165) is 43.9 Å². The summed E-state index contributed by atoms with van der Waals surface area (Å²) in [5.74, 6) is 3.42. The SMILES string of the molecule is COCC1(O)CCC2C3CCC4CC(=O)C(C)CC4(C)C3CCC21C. The van der Waals surface area contributed by atoms with Gasteiger partial charge in [-0.05, 0) is 74.0 Å². The fraction of sp³-hybridized carbons (Fsp3) is 0.955. The smallest absolute Gasteiger partial charge is 0.136 e. The highest BCUT2D eigenvalue weighted by molar-refractivity contribution is 5.82. The average molecular weight is 349 g/mol. The molecule has 0 aromatic carbocycles. The number of carbonyl (C=O) groups excluding carboxylic acids is 1. The van der Waals surface area contributed by atoms with Gasteiger partial charge in [0.2, 0.25) is 0 Å². The third-order valence-corrected chi connectivity index (χ3v) is 9.51. The summed E-state index contributed by atoms with van der Waals surface area (Å²) in [6.07, 6.45) is 8.75. The Morgan fingerprint density at radius 2 is 1.84 bits per heavy atom. The van der Waals surface area contributed by atoms with Crippen molar-refractivity contribution in [1.82, 2.24) is 0 Å². The maximum absolute atomic E-state index is 12.3. The summed E-state index contributed by atoms with van der Waals surface area (Å²) >= 11 is 0. The van der Waals surface area contributed by atoms with Gasteiger partial charge in [0, 0.05) is 24.9 Å². The van der Waals surface area contributed by atoms with Crippen LogP contribution in [0.4, 0.5) is 0 Å². The average Bonchev–Trinajstić information content (AvgIpc) is 2.81. The van der Waals surface area contributed by atoms with E-state index in [1.165, 1.54) is 19.3 Å². The Kier molecular flexibility index (Phi) is 4.16. The van der Waals surface area contributed by atoms with Gasteiger partial charge in [0.1, 0.15) is 5.78 Å². The number of fused-ring (bicyclic) bond motifs is 5. The van der Waals surface area contributed by atoms with Crippen molar-refractivity contribution in [1.29, 1.82) is 0 Å². The van der Waals surface area contributed by atoms with Gasteiger partial charge in [0.15, 0.2) is 0 Å². The highest BCUT2D eigenvalue weighted by Crippen LogP contribution is 2.68. The Labute approximate surface area is 152 Å². The second-order valence-electron chi connectivity index (χ2n) is 10.4. The van der Waals surface area contributed by atoms with E-state index in [-0.39, 0.29) is 11.3 Å². The zero-order valence-corrected chi connectivity index (χ0v) is 16.5. The summed E-state index contributed by atoms with van der Waals surface area (Å²) in [7, 11) is 1.72. The van der Waals surface area contributed by atoms with Gasteiger partial charge in [-0.1, -0.05) is 20.8 Å². The first-order valence-electron chi connectivity index (χ1n) is 10.5. The molecule has 25 heavy (non-hydrogen) atoms. The lowest BCUT2D eigenvalue weighted by Crippen LogP contribution is -2.58. The Morgan fingerprint density at radius 1 is 1.12 bits per heavy atom. The second-order valence-corrected chi connectivity index (χ2v) is 10.4. The molecule has 0 aliphatic heterocycles. The van der Waals surface area contributed by atoms with Gasteiger partial charge < -0.3 is 9.84 Å². The van der Waals surface area contributed by atoms with E-state index in [1.54, 1.807) is 7.11 Å². The lowest BCUT2D eigenvalue weighted by Gasteiger charge is -2.61. The van der Waals surface area contributed by atoms with E-state index < -0.39 is 5.60 Å². The molecule has 0 aromatic heterocycles. The standard InChI is InChI=1S/C22H36O3/c1-14-12-20(2)15(11-19(14)23)5-6-16-17(20)7-9-21(3)18(16)8-10-22(21,24)13-25-4/h14-18,24H,5-13H2,1-4H3. The van der Waals surface area contributed by atoms with Gasteiger partial charge in [0.25, 0.3) is 0 Å². The summed E-state index contributed by atoms with van der Waals surface area (Å²) in [5, 5.41) is 11.3. The van der Waals surface area contributed by atoms with Crippen LogP contribution in [0.15, 0.2) is 0 Å². The quantitative estimate of drug-likeness (QED) is 0.812. The third-order valence-electron chi connectivity index (χ3n) is 9.51. The molecule has 0 aromatic rings. The van der Waals surface area contributed by atoms with Crippen LogP contribution in [-0.2, 0) is 9.53 Å². The number of Topliss-reactive ketones (excluding diaryl/α,β-unsaturated/α-hetero) is 1. The summed E-state index contributed by atoms with van der Waals surface area (Å²) in [4.78, 5) is 12.3. The highest BCUT2D eigenvalue weighted by Gasteiger charge is 2.64. The van der Waals surface area contributed by atoms with E-state index in [4.69, 9.17) is 4.74 Å². The first-order valence-corrected chi connectivity index (χ1v) is 10.5. The maximum Gasteiger partial charge on any atom is 0.136 e. The largest absolute Gasteiger partial charge is 0.387 e. The zero-order chi connectivity index (χ0) is 18.0. The van der Waals surface area contributed by atoms with Crippen molar-refractivity contribution in [2.45, 2.75) is 77.7 Å². The van der Waals surface area contributed by atoms with Gasteiger partial charge in [0.05, 0.1) is 12.2 Å². The molecule has 4 fully saturated rings. The molecule has 0 saturated heterocycles. The Morgan fingerprint density at radius 3 is 2.56 bits per heavy atom. The van der Waals surface area contributed by atoms with Gasteiger partial charge in [-0.15, -0.1) is 0 Å². The molecule has 1 N–H and O–H groups in total. The van der Waals surface area contributed by atoms with Crippen LogP contribution < -0.4 is 0 Å². The number of rotatable bonds is 2. The van der Waals surface area contributed by atoms with Crippen LogP contribution in [0.1, 0.15) is 72.1 Å². The molecule has 4 rings (SSSR count). The van der Waals surface area contributed by atoms with Crippen LogP contribution in [0, 0.1) is 40.4 Å². The second kappa shape index (κ2) is 5.79. The summed E-state index contributed by atoms with van der Waals surface area (Å²) in [6, 6.07) is 0. The van der Waals surface area contributed by atoms with Crippen molar-refractivity contribution in [2.75, 3.05) is 13.7 Å². The van der Waals surface area contributed by atoms with Crippen molar-refractivity contribution >= 4 is 5.78 Å². The number of hydrogen-bond acceptors (Lipinski definition) is 3. The van der Waals surface area contributed by atoms with E-state index in [2.05, 4.69) is 20.8 Å². The third kappa shape index (κ3) is 2.34. The molecule has 0 radical (unpaired) electrons. The summed E-state index contributed by atoms with van der Waals surface area (Å²) in [6.45, 7) is 7.45. The molecule has 3 heteroatoms. The van der Waals surface area contributed by atoms with Gasteiger partial charge in [-0.25, -0.2) is 0 Å². The predicted octanol–water partition coefficient (Wildman–Crippen LogP) is 4.22. The van der Waals surface area contributed by atoms with E-state index >= 15 is 0 Å². The van der Waals surface area contributed by atoms with Crippen molar-refractivity contribution in [3.05, 3.63) is 0 Å². The Hall–Kier alpha value is -0.410. The molecule has 3 nitrogen and oxygen atoms in total. The molecule has 4 aliphatic carbocycles. The molecule has 0 bridgehead atoms. The van der Waals surface area contributed by atoms with Crippen molar-refractivity contribution in [2.24, 2.45) is 40.4 Å². The summed E-state index contributed by atoms with van der Waals surface area (Å²) < 4.78 is 5.42. The predicted molar refractivity (Wildman–Crippen MR) is 98.1 cm³/mol. The number of hydrogen-bond donors (Lipinski definition) is 1. The number of ketones is 1. The van der Waals surface area contributed by atoms with Crippen molar-refractivity contribution in [3.8, 4) is 0 Å². The van der Waals surface area contributed by atoms with Gasteiger partial charge >= 0.3 is 0 Å². The number of methoxy groups -OCH3 is 1. The number of ether oxygens (including phenoxy) is 1. The molecule has 4 aliphatic rings. The molecular formula is C22H36O3.